The van der Waals surface area contributed by atoms with Crippen molar-refractivity contribution >= 4 is 0 Å². The van der Waals surface area contributed by atoms with Crippen LogP contribution in [0.15, 0.2) is 0 Å². The minimum atomic E-state index is 0. The van der Waals surface area contributed by atoms with Gasteiger partial charge < -0.3 is 11.0 Å². The summed E-state index contributed by atoms with van der Waals surface area (Å²) in [5.41, 5.74) is 0. The van der Waals surface area contributed by atoms with Gasteiger partial charge in [-0.25, -0.2) is 0 Å². The zero-order valence-electron chi connectivity index (χ0n) is 2.12. The normalized spacial score (nSPS) is 0. The summed E-state index contributed by atoms with van der Waals surface area (Å²) in [5, 5.41) is 0. The van der Waals surface area contributed by atoms with Gasteiger partial charge in [0.15, 0.2) is 0 Å². The molecule has 0 saturated heterocycles. The Balaban J connectivity index is 0. The van der Waals surface area contributed by atoms with E-state index in [1.807, 2.05) is 0 Å². The molecule has 0 amide bonds. The number of rotatable bonds is 0. The number of hydrogen-bond acceptors (Lipinski definition) is 1. The molecule has 0 atom stereocenters. The van der Waals surface area contributed by atoms with E-state index < -0.39 is 0 Å². The van der Waals surface area contributed by atoms with Crippen molar-refractivity contribution in [1.82, 2.24) is 0 Å². The molecule has 0 saturated carbocycles. The van der Waals surface area contributed by atoms with Crippen LogP contribution in [0.1, 0.15) is 0 Å². The molecule has 2 nitrogen and oxygen atoms in total. The zero-order valence-corrected chi connectivity index (χ0v) is 6.87. The summed E-state index contributed by atoms with van der Waals surface area (Å²) < 4.78 is 0. The van der Waals surface area contributed by atoms with E-state index in [1.165, 1.54) is 0 Å². The largest absolute Gasteiger partial charge is 5.00 e. The molecule has 0 bridgehead atoms. The van der Waals surface area contributed by atoms with E-state index in [1.54, 1.807) is 0 Å². The summed E-state index contributed by atoms with van der Waals surface area (Å²) in [5.74, 6) is 0. The molecule has 0 aliphatic carbocycles. The topological polar surface area (TPSA) is 58.5 Å². The van der Waals surface area contributed by atoms with Crippen LogP contribution >= 0.6 is 0 Å². The standard InChI is InChI=1S/Nb.Ni.H2O.O.Ti/h;;1H2;;/q+5;+2;;-2;+4/p-1. The van der Waals surface area contributed by atoms with Crippen molar-refractivity contribution in [3.8, 4) is 0 Å². The van der Waals surface area contributed by atoms with E-state index >= 15 is 0 Å². The molecular weight excluding hydrogens is 231 g/mol. The predicted octanol–water partition coefficient (Wildman–Crippen LogP) is -0.303. The van der Waals surface area contributed by atoms with Gasteiger partial charge in [-0.05, 0) is 0 Å². The van der Waals surface area contributed by atoms with Crippen LogP contribution in [-0.4, -0.2) is 5.48 Å². The fraction of sp³-hybridized carbons (Fsp3) is 0. The second-order valence-corrected chi connectivity index (χ2v) is 0. The maximum Gasteiger partial charge on any atom is 5.00 e. The molecule has 0 aromatic heterocycles. The molecular formula is HNbNiO2Ti+8. The van der Waals surface area contributed by atoms with E-state index in [9.17, 15) is 0 Å². The Bertz CT molecular complexity index is 9.61. The fourth-order valence-corrected chi connectivity index (χ4v) is 0. The average molecular weight is 232 g/mol. The van der Waals surface area contributed by atoms with Crippen molar-refractivity contribution in [3.05, 3.63) is 0 Å². The first-order valence-electron chi connectivity index (χ1n) is 0. The van der Waals surface area contributed by atoms with Gasteiger partial charge in [0, 0.05) is 0 Å². The number of hydrogen-bond donors (Lipinski definition) is 0. The summed E-state index contributed by atoms with van der Waals surface area (Å²) in [6.45, 7) is 0. The van der Waals surface area contributed by atoms with E-state index in [-0.39, 0.29) is 71.5 Å². The van der Waals surface area contributed by atoms with Gasteiger partial charge in [-0.15, -0.1) is 0 Å². The zero-order chi connectivity index (χ0) is 0. The Morgan fingerprint density at radius 1 is 1.00 bits per heavy atom. The molecule has 0 heterocycles. The third kappa shape index (κ3) is 25.2. The van der Waals surface area contributed by atoms with Gasteiger partial charge in [0.2, 0.25) is 0 Å². The van der Waals surface area contributed by atoms with Gasteiger partial charge >= 0.3 is 60.6 Å². The van der Waals surface area contributed by atoms with Gasteiger partial charge in [-0.1, -0.05) is 0 Å². The second kappa shape index (κ2) is 39.8. The van der Waals surface area contributed by atoms with E-state index in [0.717, 1.165) is 0 Å². The van der Waals surface area contributed by atoms with Crippen LogP contribution in [0.25, 0.3) is 0 Å². The SMILES string of the molecule is [Nb+5].[Ni+2].[O-2].[OH-].[Ti+4]. The summed E-state index contributed by atoms with van der Waals surface area (Å²) in [7, 11) is 0. The Morgan fingerprint density at radius 2 is 1.00 bits per heavy atom. The minimum absolute atomic E-state index is 0. The van der Waals surface area contributed by atoms with Crippen molar-refractivity contribution < 1.29 is 71.5 Å². The smallest absolute Gasteiger partial charge is 2.00 e. The van der Waals surface area contributed by atoms with Gasteiger partial charge in [0.05, 0.1) is 0 Å². The first-order valence-corrected chi connectivity index (χ1v) is 0. The molecule has 5 heavy (non-hydrogen) atoms. The molecule has 0 radical (unpaired) electrons. The summed E-state index contributed by atoms with van der Waals surface area (Å²) in [6.07, 6.45) is 0. The Labute approximate surface area is 71.0 Å². The van der Waals surface area contributed by atoms with Gasteiger partial charge in [-0.2, -0.15) is 0 Å². The molecule has 0 aromatic rings. The van der Waals surface area contributed by atoms with Crippen LogP contribution < -0.4 is 0 Å². The first kappa shape index (κ1) is 67.8. The van der Waals surface area contributed by atoms with Crippen molar-refractivity contribution in [2.24, 2.45) is 0 Å². The predicted molar refractivity (Wildman–Crippen MR) is 2.62 cm³/mol. The van der Waals surface area contributed by atoms with E-state index in [2.05, 4.69) is 0 Å². The molecule has 0 aromatic carbocycles. The van der Waals surface area contributed by atoms with Crippen LogP contribution in [0.5, 0.6) is 0 Å². The van der Waals surface area contributed by atoms with Crippen molar-refractivity contribution in [2.45, 2.75) is 0 Å². The molecule has 5 heteroatoms. The molecule has 0 aliphatic heterocycles. The fourth-order valence-electron chi connectivity index (χ4n) is 0. The molecule has 1 N–H and O–H groups in total. The summed E-state index contributed by atoms with van der Waals surface area (Å²) in [4.78, 5) is 0. The molecule has 0 fully saturated rings. The van der Waals surface area contributed by atoms with Crippen LogP contribution in [-0.2, 0) is 66.1 Å². The third-order valence-corrected chi connectivity index (χ3v) is 0. The average Bonchev–Trinajstić information content (AvgIpc) is 0. The van der Waals surface area contributed by atoms with E-state index in [0.29, 0.717) is 0 Å². The first-order chi connectivity index (χ1) is 0. The summed E-state index contributed by atoms with van der Waals surface area (Å²) in [6, 6.07) is 0. The van der Waals surface area contributed by atoms with Crippen LogP contribution in [0, 0.1) is 0 Å². The molecule has 0 spiro atoms. The third-order valence-electron chi connectivity index (χ3n) is 0. The van der Waals surface area contributed by atoms with Crippen molar-refractivity contribution in [1.29, 1.82) is 0 Å². The summed E-state index contributed by atoms with van der Waals surface area (Å²) >= 11 is 0. The maximum atomic E-state index is 0. The van der Waals surface area contributed by atoms with Crippen molar-refractivity contribution in [3.63, 3.8) is 0 Å². The second-order valence-electron chi connectivity index (χ2n) is 0. The Hall–Kier alpha value is 1.87. The monoisotopic (exact) mass is 232 g/mol. The minimum Gasteiger partial charge on any atom is -2.00 e. The molecule has 24 valence electrons. The van der Waals surface area contributed by atoms with E-state index in [4.69, 9.17) is 0 Å². The van der Waals surface area contributed by atoms with Crippen LogP contribution in [0.4, 0.5) is 0 Å². The van der Waals surface area contributed by atoms with Crippen molar-refractivity contribution in [2.75, 3.05) is 0 Å². The quantitative estimate of drug-likeness (QED) is 0.529. The van der Waals surface area contributed by atoms with Crippen LogP contribution in [0.3, 0.4) is 0 Å². The Morgan fingerprint density at radius 3 is 1.00 bits per heavy atom. The van der Waals surface area contributed by atoms with Gasteiger partial charge in [0.1, 0.15) is 0 Å². The molecule has 0 aliphatic rings. The van der Waals surface area contributed by atoms with Crippen LogP contribution in [0.2, 0.25) is 0 Å². The van der Waals surface area contributed by atoms with Gasteiger partial charge in [0.25, 0.3) is 0 Å². The Kier molecular flexibility index (Phi) is 540. The molecule has 0 unspecified atom stereocenters. The maximum absolute atomic E-state index is 0. The molecule has 0 rings (SSSR count). The van der Waals surface area contributed by atoms with Gasteiger partial charge in [-0.3, -0.25) is 0 Å².